The largest absolute Gasteiger partial charge is 0.349 e. The number of hydrogen-bond donors (Lipinski definition) is 2. The summed E-state index contributed by atoms with van der Waals surface area (Å²) in [7, 11) is 0. The zero-order valence-corrected chi connectivity index (χ0v) is 10.5. The van der Waals surface area contributed by atoms with Gasteiger partial charge in [0.1, 0.15) is 0 Å². The Kier molecular flexibility index (Phi) is 5.22. The molecule has 0 aromatic heterocycles. The van der Waals surface area contributed by atoms with Crippen LogP contribution in [0.25, 0.3) is 0 Å². The topological polar surface area (TPSA) is 41.1 Å². The maximum absolute atomic E-state index is 13.8. The van der Waals surface area contributed by atoms with Gasteiger partial charge in [-0.2, -0.15) is 8.78 Å². The van der Waals surface area contributed by atoms with Gasteiger partial charge in [0.05, 0.1) is 0 Å². The third-order valence-corrected chi connectivity index (χ3v) is 2.54. The summed E-state index contributed by atoms with van der Waals surface area (Å²) >= 11 is 0. The van der Waals surface area contributed by atoms with Crippen LogP contribution >= 0.6 is 0 Å². The zero-order valence-electron chi connectivity index (χ0n) is 10.5. The van der Waals surface area contributed by atoms with Crippen LogP contribution in [-0.4, -0.2) is 25.0 Å². The van der Waals surface area contributed by atoms with Crippen molar-refractivity contribution in [2.75, 3.05) is 13.1 Å². The fourth-order valence-corrected chi connectivity index (χ4v) is 1.56. The normalized spacial score (nSPS) is 13.1. The highest BCUT2D eigenvalue weighted by molar-refractivity contribution is 5.84. The monoisotopic (exact) mass is 256 g/mol. The fourth-order valence-electron chi connectivity index (χ4n) is 1.56. The van der Waals surface area contributed by atoms with Crippen molar-refractivity contribution in [1.82, 2.24) is 10.6 Å². The van der Waals surface area contributed by atoms with Crippen molar-refractivity contribution in [3.8, 4) is 0 Å². The van der Waals surface area contributed by atoms with Gasteiger partial charge in [0.15, 0.2) is 0 Å². The second-order valence-corrected chi connectivity index (χ2v) is 4.11. The molecule has 0 aliphatic rings. The second kappa shape index (κ2) is 6.44. The molecule has 1 aromatic rings. The van der Waals surface area contributed by atoms with Gasteiger partial charge >= 0.3 is 5.92 Å². The van der Waals surface area contributed by atoms with Crippen molar-refractivity contribution in [2.45, 2.75) is 25.8 Å². The summed E-state index contributed by atoms with van der Waals surface area (Å²) in [6.07, 6.45) is 0. The van der Waals surface area contributed by atoms with Crippen molar-refractivity contribution in [3.05, 3.63) is 35.9 Å². The number of nitrogens with one attached hydrogen (secondary N) is 2. The minimum absolute atomic E-state index is 0.0366. The minimum atomic E-state index is -3.49. The molecule has 0 aliphatic heterocycles. The van der Waals surface area contributed by atoms with Gasteiger partial charge in [-0.3, -0.25) is 4.79 Å². The number of carbonyl (C=O) groups is 1. The Morgan fingerprint density at radius 1 is 1.33 bits per heavy atom. The van der Waals surface area contributed by atoms with E-state index in [2.05, 4.69) is 10.6 Å². The molecule has 0 bridgehead atoms. The van der Waals surface area contributed by atoms with Gasteiger partial charge in [-0.1, -0.05) is 37.3 Å². The fraction of sp³-hybridized carbons (Fsp3) is 0.462. The van der Waals surface area contributed by atoms with Crippen LogP contribution in [-0.2, 0) is 10.7 Å². The van der Waals surface area contributed by atoms with Crippen LogP contribution in [0.4, 0.5) is 8.78 Å². The highest BCUT2D eigenvalue weighted by Crippen LogP contribution is 2.27. The van der Waals surface area contributed by atoms with Gasteiger partial charge in [-0.15, -0.1) is 0 Å². The van der Waals surface area contributed by atoms with Gasteiger partial charge in [-0.25, -0.2) is 0 Å². The highest BCUT2D eigenvalue weighted by Gasteiger charge is 2.40. The van der Waals surface area contributed by atoms with E-state index in [4.69, 9.17) is 0 Å². The van der Waals surface area contributed by atoms with Crippen LogP contribution in [0.5, 0.6) is 0 Å². The molecular weight excluding hydrogens is 238 g/mol. The first kappa shape index (κ1) is 14.6. The number of halogens is 2. The van der Waals surface area contributed by atoms with E-state index < -0.39 is 11.8 Å². The molecule has 0 unspecified atom stereocenters. The molecular formula is C13H18F2N2O. The number of hydrogen-bond acceptors (Lipinski definition) is 2. The first-order valence-corrected chi connectivity index (χ1v) is 5.93. The average Bonchev–Trinajstić information content (AvgIpc) is 2.37. The van der Waals surface area contributed by atoms with Crippen molar-refractivity contribution in [1.29, 1.82) is 0 Å². The number of likely N-dealkylation sites (N-methyl/N-ethyl adjacent to an activating group) is 1. The third-order valence-electron chi connectivity index (χ3n) is 2.54. The Bertz CT molecular complexity index is 382. The van der Waals surface area contributed by atoms with Gasteiger partial charge in [0, 0.05) is 18.2 Å². The number of carbonyl (C=O) groups excluding carboxylic acids is 1. The summed E-state index contributed by atoms with van der Waals surface area (Å²) in [5, 5.41) is 5.29. The van der Waals surface area contributed by atoms with E-state index in [0.717, 1.165) is 6.54 Å². The molecule has 1 aromatic carbocycles. The van der Waals surface area contributed by atoms with Crippen LogP contribution in [0.15, 0.2) is 30.3 Å². The summed E-state index contributed by atoms with van der Waals surface area (Å²) in [5.41, 5.74) is -0.293. The molecule has 0 saturated carbocycles. The molecule has 0 saturated heterocycles. The van der Waals surface area contributed by atoms with E-state index in [-0.39, 0.29) is 18.2 Å². The first-order chi connectivity index (χ1) is 8.48. The molecule has 1 atom stereocenters. The lowest BCUT2D eigenvalue weighted by Crippen LogP contribution is -2.44. The number of rotatable bonds is 6. The lowest BCUT2D eigenvalue weighted by molar-refractivity contribution is -0.147. The molecule has 0 fully saturated rings. The molecule has 0 radical (unpaired) electrons. The summed E-state index contributed by atoms with van der Waals surface area (Å²) in [6, 6.07) is 7.05. The SMILES string of the molecule is CCN[C@H](C)CNC(=O)C(F)(F)c1ccccc1. The number of alkyl halides is 2. The summed E-state index contributed by atoms with van der Waals surface area (Å²) in [4.78, 5) is 11.5. The van der Waals surface area contributed by atoms with Crippen molar-refractivity contribution >= 4 is 5.91 Å². The quantitative estimate of drug-likeness (QED) is 0.816. The lowest BCUT2D eigenvalue weighted by atomic mass is 10.1. The summed E-state index contributed by atoms with van der Waals surface area (Å²) in [6.45, 7) is 4.64. The van der Waals surface area contributed by atoms with E-state index in [9.17, 15) is 13.6 Å². The van der Waals surface area contributed by atoms with Crippen LogP contribution < -0.4 is 10.6 Å². The Labute approximate surface area is 106 Å². The average molecular weight is 256 g/mol. The maximum Gasteiger partial charge on any atom is 0.349 e. The highest BCUT2D eigenvalue weighted by atomic mass is 19.3. The minimum Gasteiger partial charge on any atom is -0.349 e. The van der Waals surface area contributed by atoms with Crippen LogP contribution in [0.1, 0.15) is 19.4 Å². The van der Waals surface area contributed by atoms with Crippen LogP contribution in [0.2, 0.25) is 0 Å². The lowest BCUT2D eigenvalue weighted by Gasteiger charge is -2.18. The third kappa shape index (κ3) is 3.77. The molecule has 1 amide bonds. The Hall–Kier alpha value is -1.49. The van der Waals surface area contributed by atoms with Gasteiger partial charge in [0.25, 0.3) is 5.91 Å². The molecule has 3 nitrogen and oxygen atoms in total. The summed E-state index contributed by atoms with van der Waals surface area (Å²) in [5.74, 6) is -4.76. The zero-order chi connectivity index (χ0) is 13.6. The van der Waals surface area contributed by atoms with Crippen molar-refractivity contribution in [3.63, 3.8) is 0 Å². The van der Waals surface area contributed by atoms with E-state index in [1.54, 1.807) is 6.07 Å². The van der Waals surface area contributed by atoms with E-state index in [1.165, 1.54) is 24.3 Å². The molecule has 2 N–H and O–H groups in total. The van der Waals surface area contributed by atoms with Crippen LogP contribution in [0, 0.1) is 0 Å². The van der Waals surface area contributed by atoms with E-state index >= 15 is 0 Å². The van der Waals surface area contributed by atoms with E-state index in [0.29, 0.717) is 0 Å². The molecule has 18 heavy (non-hydrogen) atoms. The first-order valence-electron chi connectivity index (χ1n) is 5.93. The molecule has 5 heteroatoms. The van der Waals surface area contributed by atoms with E-state index in [1.807, 2.05) is 13.8 Å². The van der Waals surface area contributed by atoms with Crippen molar-refractivity contribution < 1.29 is 13.6 Å². The Morgan fingerprint density at radius 2 is 1.94 bits per heavy atom. The molecule has 0 heterocycles. The maximum atomic E-state index is 13.8. The number of amides is 1. The predicted octanol–water partition coefficient (Wildman–Crippen LogP) is 1.89. The standard InChI is InChI=1S/C13H18F2N2O/c1-3-16-10(2)9-17-12(18)13(14,15)11-7-5-4-6-8-11/h4-8,10,16H,3,9H2,1-2H3,(H,17,18)/t10-/m1/s1. The molecule has 1 rings (SSSR count). The van der Waals surface area contributed by atoms with Crippen LogP contribution in [0.3, 0.4) is 0 Å². The number of benzene rings is 1. The van der Waals surface area contributed by atoms with Gasteiger partial charge in [0.2, 0.25) is 0 Å². The van der Waals surface area contributed by atoms with Gasteiger partial charge < -0.3 is 10.6 Å². The van der Waals surface area contributed by atoms with Crippen molar-refractivity contribution in [2.24, 2.45) is 0 Å². The van der Waals surface area contributed by atoms with Gasteiger partial charge in [-0.05, 0) is 13.5 Å². The summed E-state index contributed by atoms with van der Waals surface area (Å²) < 4.78 is 27.5. The smallest absolute Gasteiger partial charge is 0.349 e. The Balaban J connectivity index is 2.60. The molecule has 100 valence electrons. The molecule has 0 aliphatic carbocycles. The second-order valence-electron chi connectivity index (χ2n) is 4.11. The molecule has 0 spiro atoms. The Morgan fingerprint density at radius 3 is 2.50 bits per heavy atom. The predicted molar refractivity (Wildman–Crippen MR) is 66.5 cm³/mol.